The zero-order chi connectivity index (χ0) is 14.0. The third-order valence-corrected chi connectivity index (χ3v) is 2.36. The first kappa shape index (κ1) is 13.1. The first-order chi connectivity index (χ1) is 8.88. The lowest BCUT2D eigenvalue weighted by atomic mass is 10.1. The quantitative estimate of drug-likeness (QED) is 0.862. The molecule has 0 saturated heterocycles. The molecule has 0 saturated carbocycles. The first-order valence-corrected chi connectivity index (χ1v) is 5.21. The number of fused-ring (bicyclic) bond motifs is 1. The zero-order valence-corrected chi connectivity index (χ0v) is 9.41. The molecule has 0 aliphatic rings. The number of carbonyl (C=O) groups excluding carboxylic acids is 1. The van der Waals surface area contributed by atoms with Crippen molar-refractivity contribution >= 4 is 16.7 Å². The van der Waals surface area contributed by atoms with Crippen molar-refractivity contribution in [1.82, 2.24) is 15.5 Å². The maximum Gasteiger partial charge on any atom is 0.405 e. The van der Waals surface area contributed by atoms with Gasteiger partial charge in [-0.25, -0.2) is 5.10 Å². The van der Waals surface area contributed by atoms with Crippen LogP contribution in [-0.2, 0) is 0 Å². The molecule has 0 aliphatic carbocycles. The predicted octanol–water partition coefficient (Wildman–Crippen LogP) is 1.22. The largest absolute Gasteiger partial charge is 0.405 e. The molecule has 19 heavy (non-hydrogen) atoms. The van der Waals surface area contributed by atoms with E-state index in [1.54, 1.807) is 17.4 Å². The van der Waals surface area contributed by atoms with Gasteiger partial charge in [0.25, 0.3) is 11.5 Å². The van der Waals surface area contributed by atoms with Gasteiger partial charge in [-0.1, -0.05) is 18.2 Å². The molecule has 0 bridgehead atoms. The molecule has 0 atom stereocenters. The van der Waals surface area contributed by atoms with Gasteiger partial charge in [0, 0.05) is 5.39 Å². The van der Waals surface area contributed by atoms with E-state index < -0.39 is 24.2 Å². The molecule has 1 aromatic heterocycles. The zero-order valence-electron chi connectivity index (χ0n) is 9.41. The van der Waals surface area contributed by atoms with Gasteiger partial charge >= 0.3 is 6.18 Å². The minimum atomic E-state index is -4.51. The van der Waals surface area contributed by atoms with Crippen LogP contribution in [0.1, 0.15) is 10.5 Å². The fourth-order valence-electron chi connectivity index (χ4n) is 1.55. The maximum atomic E-state index is 12.0. The van der Waals surface area contributed by atoms with Crippen molar-refractivity contribution in [2.24, 2.45) is 0 Å². The number of alkyl halides is 3. The molecule has 2 N–H and O–H groups in total. The number of halogens is 3. The van der Waals surface area contributed by atoms with Crippen molar-refractivity contribution in [3.63, 3.8) is 0 Å². The number of aromatic nitrogens is 2. The summed E-state index contributed by atoms with van der Waals surface area (Å²) >= 11 is 0. The van der Waals surface area contributed by atoms with Crippen LogP contribution in [0.3, 0.4) is 0 Å². The standard InChI is InChI=1S/C11H8F3N3O2/c12-11(13,14)5-15-10(19)8-6-3-1-2-4-7(6)9(18)17-16-8/h1-4H,5H2,(H,15,19)(H,17,18). The summed E-state index contributed by atoms with van der Waals surface area (Å²) in [7, 11) is 0. The summed E-state index contributed by atoms with van der Waals surface area (Å²) in [5, 5.41) is 7.65. The Kier molecular flexibility index (Phi) is 3.24. The fourth-order valence-corrected chi connectivity index (χ4v) is 1.55. The van der Waals surface area contributed by atoms with Gasteiger partial charge in [0.05, 0.1) is 5.39 Å². The molecular formula is C11H8F3N3O2. The Morgan fingerprint density at radius 3 is 2.53 bits per heavy atom. The van der Waals surface area contributed by atoms with Gasteiger partial charge in [0.15, 0.2) is 5.69 Å². The highest BCUT2D eigenvalue weighted by atomic mass is 19.4. The fraction of sp³-hybridized carbons (Fsp3) is 0.182. The second-order valence-corrected chi connectivity index (χ2v) is 3.74. The van der Waals surface area contributed by atoms with Gasteiger partial charge in [0.2, 0.25) is 0 Å². The summed E-state index contributed by atoms with van der Waals surface area (Å²) in [6.45, 7) is -1.46. The van der Waals surface area contributed by atoms with Crippen LogP contribution in [0.15, 0.2) is 29.1 Å². The van der Waals surface area contributed by atoms with Gasteiger partial charge in [-0.05, 0) is 6.07 Å². The van der Waals surface area contributed by atoms with Crippen molar-refractivity contribution in [2.45, 2.75) is 6.18 Å². The van der Waals surface area contributed by atoms with Crippen molar-refractivity contribution < 1.29 is 18.0 Å². The van der Waals surface area contributed by atoms with Gasteiger partial charge < -0.3 is 5.32 Å². The average Bonchev–Trinajstić information content (AvgIpc) is 2.36. The molecule has 2 rings (SSSR count). The Morgan fingerprint density at radius 2 is 1.89 bits per heavy atom. The number of nitrogens with zero attached hydrogens (tertiary/aromatic N) is 1. The van der Waals surface area contributed by atoms with Crippen LogP contribution in [0, 0.1) is 0 Å². The van der Waals surface area contributed by atoms with Crippen LogP contribution in [-0.4, -0.2) is 28.8 Å². The number of benzene rings is 1. The van der Waals surface area contributed by atoms with E-state index in [9.17, 15) is 22.8 Å². The number of carbonyl (C=O) groups is 1. The monoisotopic (exact) mass is 271 g/mol. The molecule has 1 heterocycles. The second-order valence-electron chi connectivity index (χ2n) is 3.74. The predicted molar refractivity (Wildman–Crippen MR) is 60.8 cm³/mol. The van der Waals surface area contributed by atoms with Crippen molar-refractivity contribution in [3.05, 3.63) is 40.3 Å². The summed E-state index contributed by atoms with van der Waals surface area (Å²) < 4.78 is 36.1. The van der Waals surface area contributed by atoms with Gasteiger partial charge in [-0.2, -0.15) is 18.3 Å². The normalized spacial score (nSPS) is 11.5. The molecule has 0 fully saturated rings. The molecular weight excluding hydrogens is 263 g/mol. The highest BCUT2D eigenvalue weighted by Gasteiger charge is 2.28. The topological polar surface area (TPSA) is 74.8 Å². The minimum absolute atomic E-state index is 0.189. The molecule has 0 unspecified atom stereocenters. The van der Waals surface area contributed by atoms with Gasteiger partial charge in [0.1, 0.15) is 6.54 Å². The molecule has 1 amide bonds. The van der Waals surface area contributed by atoms with Crippen LogP contribution in [0.25, 0.3) is 10.8 Å². The van der Waals surface area contributed by atoms with Gasteiger partial charge in [-0.15, -0.1) is 0 Å². The van der Waals surface area contributed by atoms with Crippen LogP contribution < -0.4 is 10.9 Å². The maximum absolute atomic E-state index is 12.0. The lowest BCUT2D eigenvalue weighted by Crippen LogP contribution is -2.34. The van der Waals surface area contributed by atoms with E-state index in [0.29, 0.717) is 0 Å². The SMILES string of the molecule is O=C(NCC(F)(F)F)c1n[nH]c(=O)c2ccccc12. The summed E-state index contributed by atoms with van der Waals surface area (Å²) in [6, 6.07) is 6.04. The number of H-pyrrole nitrogens is 1. The molecule has 0 spiro atoms. The van der Waals surface area contributed by atoms with Crippen LogP contribution in [0.5, 0.6) is 0 Å². The third-order valence-electron chi connectivity index (χ3n) is 2.36. The van der Waals surface area contributed by atoms with E-state index in [1.165, 1.54) is 12.1 Å². The Balaban J connectivity index is 2.38. The van der Waals surface area contributed by atoms with E-state index >= 15 is 0 Å². The van der Waals surface area contributed by atoms with Crippen LogP contribution in [0.4, 0.5) is 13.2 Å². The van der Waals surface area contributed by atoms with E-state index in [1.807, 2.05) is 0 Å². The number of rotatable bonds is 2. The summed E-state index contributed by atoms with van der Waals surface area (Å²) in [6.07, 6.45) is -4.51. The number of nitrogens with one attached hydrogen (secondary N) is 2. The van der Waals surface area contributed by atoms with E-state index in [0.717, 1.165) is 0 Å². The van der Waals surface area contributed by atoms with Gasteiger partial charge in [-0.3, -0.25) is 9.59 Å². The van der Waals surface area contributed by atoms with E-state index in [-0.39, 0.29) is 16.5 Å². The van der Waals surface area contributed by atoms with E-state index in [4.69, 9.17) is 0 Å². The molecule has 100 valence electrons. The lowest BCUT2D eigenvalue weighted by Gasteiger charge is -2.08. The minimum Gasteiger partial charge on any atom is -0.342 e. The summed E-state index contributed by atoms with van der Waals surface area (Å²) in [5.41, 5.74) is -0.762. The van der Waals surface area contributed by atoms with Crippen molar-refractivity contribution in [3.8, 4) is 0 Å². The van der Waals surface area contributed by atoms with E-state index in [2.05, 4.69) is 10.2 Å². The average molecular weight is 271 g/mol. The third kappa shape index (κ3) is 2.90. The Morgan fingerprint density at radius 1 is 1.26 bits per heavy atom. The summed E-state index contributed by atoms with van der Waals surface area (Å²) in [4.78, 5) is 23.1. The summed E-state index contributed by atoms with van der Waals surface area (Å²) in [5.74, 6) is -0.996. The molecule has 8 heteroatoms. The first-order valence-electron chi connectivity index (χ1n) is 5.21. The Hall–Kier alpha value is -2.38. The second kappa shape index (κ2) is 4.71. The molecule has 0 aliphatic heterocycles. The number of hydrogen-bond acceptors (Lipinski definition) is 3. The van der Waals surface area contributed by atoms with Crippen molar-refractivity contribution in [1.29, 1.82) is 0 Å². The molecule has 5 nitrogen and oxygen atoms in total. The Labute approximate surface area is 104 Å². The number of hydrogen-bond donors (Lipinski definition) is 2. The highest BCUT2D eigenvalue weighted by molar-refractivity contribution is 6.04. The Bertz CT molecular complexity index is 679. The van der Waals surface area contributed by atoms with Crippen LogP contribution >= 0.6 is 0 Å². The molecule has 2 aromatic rings. The smallest absolute Gasteiger partial charge is 0.342 e. The number of amides is 1. The lowest BCUT2D eigenvalue weighted by molar-refractivity contribution is -0.123. The highest BCUT2D eigenvalue weighted by Crippen LogP contribution is 2.14. The molecule has 0 radical (unpaired) electrons. The van der Waals surface area contributed by atoms with Crippen molar-refractivity contribution in [2.75, 3.05) is 6.54 Å². The number of aromatic amines is 1. The molecule has 1 aromatic carbocycles. The van der Waals surface area contributed by atoms with Crippen LogP contribution in [0.2, 0.25) is 0 Å².